The average molecular weight is 515 g/mol. The second kappa shape index (κ2) is 10.4. The van der Waals surface area contributed by atoms with Gasteiger partial charge in [-0.25, -0.2) is 14.4 Å². The number of hydrogen-bond donors (Lipinski definition) is 2. The van der Waals surface area contributed by atoms with Crippen LogP contribution in [0.2, 0.25) is 0 Å². The molecule has 1 aliphatic rings. The first-order valence-corrected chi connectivity index (χ1v) is 11.9. The third kappa shape index (κ3) is 4.96. The van der Waals surface area contributed by atoms with E-state index in [0.29, 0.717) is 45.3 Å². The third-order valence-electron chi connectivity index (χ3n) is 6.48. The highest BCUT2D eigenvalue weighted by Crippen LogP contribution is 2.39. The zero-order valence-electron chi connectivity index (χ0n) is 21.3. The number of pyridine rings is 2. The Morgan fingerprint density at radius 2 is 2.03 bits per heavy atom. The maximum Gasteiger partial charge on any atom is 0.247 e. The Hall–Kier alpha value is -4.64. The summed E-state index contributed by atoms with van der Waals surface area (Å²) in [4.78, 5) is 34.0. The maximum atomic E-state index is 13.9. The fourth-order valence-corrected chi connectivity index (χ4v) is 4.43. The summed E-state index contributed by atoms with van der Waals surface area (Å²) in [6, 6.07) is 7.09. The van der Waals surface area contributed by atoms with Gasteiger partial charge in [0.05, 0.1) is 42.6 Å². The van der Waals surface area contributed by atoms with Crippen molar-refractivity contribution in [1.82, 2.24) is 24.8 Å². The van der Waals surface area contributed by atoms with Crippen LogP contribution < -0.4 is 20.3 Å². The predicted octanol–water partition coefficient (Wildman–Crippen LogP) is 3.85. The van der Waals surface area contributed by atoms with Crippen LogP contribution >= 0.6 is 0 Å². The minimum absolute atomic E-state index is 0.275. The molecule has 2 N–H and O–H groups in total. The van der Waals surface area contributed by atoms with E-state index in [2.05, 4.69) is 54.0 Å². The first-order valence-electron chi connectivity index (χ1n) is 11.9. The summed E-state index contributed by atoms with van der Waals surface area (Å²) in [5, 5.41) is 6.10. The highest BCUT2D eigenvalue weighted by Gasteiger charge is 2.29. The highest BCUT2D eigenvalue weighted by molar-refractivity contribution is 6.02. The summed E-state index contributed by atoms with van der Waals surface area (Å²) >= 11 is 0. The summed E-state index contributed by atoms with van der Waals surface area (Å²) in [5.41, 5.74) is 4.26. The first kappa shape index (κ1) is 25.0. The molecule has 0 aliphatic carbocycles. The van der Waals surface area contributed by atoms with Crippen LogP contribution in [0.25, 0.3) is 22.2 Å². The summed E-state index contributed by atoms with van der Waals surface area (Å²) in [6.45, 7) is 5.39. The Labute approximate surface area is 219 Å². The van der Waals surface area contributed by atoms with E-state index in [1.807, 2.05) is 13.1 Å². The number of nitrogens with zero attached hydrogens (tertiary/aromatic N) is 6. The van der Waals surface area contributed by atoms with Crippen molar-refractivity contribution in [3.05, 3.63) is 67.5 Å². The molecule has 1 aliphatic heterocycles. The van der Waals surface area contributed by atoms with Crippen molar-refractivity contribution in [2.45, 2.75) is 6.04 Å². The van der Waals surface area contributed by atoms with Gasteiger partial charge in [-0.2, -0.15) is 0 Å². The van der Waals surface area contributed by atoms with Gasteiger partial charge >= 0.3 is 0 Å². The van der Waals surface area contributed by atoms with Crippen LogP contribution in [0, 0.1) is 5.82 Å². The lowest BCUT2D eigenvalue weighted by molar-refractivity contribution is -0.111. The Kier molecular flexibility index (Phi) is 6.84. The number of benzene rings is 1. The maximum absolute atomic E-state index is 13.9. The molecule has 1 amide bonds. The molecule has 5 rings (SSSR count). The van der Waals surface area contributed by atoms with E-state index in [0.717, 1.165) is 25.0 Å². The van der Waals surface area contributed by atoms with Crippen LogP contribution in [0.4, 0.5) is 27.4 Å². The number of likely N-dealkylation sites (N-methyl/N-ethyl adjacent to an activating group) is 2. The van der Waals surface area contributed by atoms with Crippen molar-refractivity contribution < 1.29 is 13.9 Å². The SMILES string of the molecule is C=CC(=O)Nc1cc(Nc2ncc3nccc(-c4cncc(F)c4)c3n2)c(OC)cc1N(C)C1CN(C)C1. The largest absolute Gasteiger partial charge is 0.494 e. The molecule has 11 heteroatoms. The van der Waals surface area contributed by atoms with Crippen molar-refractivity contribution in [2.75, 3.05) is 49.8 Å². The van der Waals surface area contributed by atoms with E-state index in [-0.39, 0.29) is 11.9 Å². The van der Waals surface area contributed by atoms with Crippen molar-refractivity contribution in [3.63, 3.8) is 0 Å². The number of ether oxygens (including phenoxy) is 1. The predicted molar refractivity (Wildman–Crippen MR) is 145 cm³/mol. The number of likely N-dealkylation sites (tertiary alicyclic amines) is 1. The van der Waals surface area contributed by atoms with Crippen molar-refractivity contribution in [3.8, 4) is 16.9 Å². The number of amides is 1. The summed E-state index contributed by atoms with van der Waals surface area (Å²) in [5.74, 6) is 0.0397. The number of anilines is 4. The summed E-state index contributed by atoms with van der Waals surface area (Å²) in [6.07, 6.45) is 7.14. The Balaban J connectivity index is 1.54. The summed E-state index contributed by atoms with van der Waals surface area (Å²) in [7, 11) is 5.63. The topological polar surface area (TPSA) is 108 Å². The lowest BCUT2D eigenvalue weighted by Gasteiger charge is -2.43. The van der Waals surface area contributed by atoms with E-state index >= 15 is 0 Å². The fraction of sp³-hybridized carbons (Fsp3) is 0.222. The molecule has 38 heavy (non-hydrogen) atoms. The van der Waals surface area contributed by atoms with E-state index in [1.54, 1.807) is 37.8 Å². The number of hydrogen-bond acceptors (Lipinski definition) is 9. The monoisotopic (exact) mass is 514 g/mol. The van der Waals surface area contributed by atoms with Crippen molar-refractivity contribution in [2.24, 2.45) is 0 Å². The molecule has 10 nitrogen and oxygen atoms in total. The van der Waals surface area contributed by atoms with Gasteiger partial charge in [-0.3, -0.25) is 14.8 Å². The molecular weight excluding hydrogens is 487 g/mol. The van der Waals surface area contributed by atoms with Crippen LogP contribution in [-0.2, 0) is 4.79 Å². The van der Waals surface area contributed by atoms with Gasteiger partial charge in [-0.15, -0.1) is 0 Å². The van der Waals surface area contributed by atoms with Gasteiger partial charge in [-0.1, -0.05) is 6.58 Å². The molecule has 4 heterocycles. The number of fused-ring (bicyclic) bond motifs is 1. The molecule has 0 saturated carbocycles. The van der Waals surface area contributed by atoms with Gasteiger partial charge in [0.1, 0.15) is 22.6 Å². The number of methoxy groups -OCH3 is 1. The standard InChI is InChI=1S/C27H27FN8O2/c1-5-25(37)32-20-9-21(24(38-4)10-23(20)36(3)18-14-35(2)15-18)33-27-31-13-22-26(34-27)19(6-7-30-22)16-8-17(28)12-29-11-16/h5-13,18H,1,14-15H2,2-4H3,(H,32,37)(H,31,33,34). The molecule has 0 unspecified atom stereocenters. The number of aromatic nitrogens is 4. The number of carbonyl (C=O) groups excluding carboxylic acids is 1. The quantitative estimate of drug-likeness (QED) is 0.339. The second-order valence-electron chi connectivity index (χ2n) is 9.05. The minimum atomic E-state index is -0.447. The molecule has 0 atom stereocenters. The zero-order valence-corrected chi connectivity index (χ0v) is 21.3. The molecule has 3 aromatic heterocycles. The molecule has 1 fully saturated rings. The number of nitrogens with one attached hydrogen (secondary N) is 2. The van der Waals surface area contributed by atoms with Gasteiger partial charge in [0, 0.05) is 49.7 Å². The highest BCUT2D eigenvalue weighted by atomic mass is 19.1. The number of halogens is 1. The summed E-state index contributed by atoms with van der Waals surface area (Å²) < 4.78 is 19.6. The van der Waals surface area contributed by atoms with Crippen LogP contribution in [0.1, 0.15) is 0 Å². The molecule has 0 bridgehead atoms. The second-order valence-corrected chi connectivity index (χ2v) is 9.05. The minimum Gasteiger partial charge on any atom is -0.494 e. The zero-order chi connectivity index (χ0) is 26.8. The van der Waals surface area contributed by atoms with E-state index in [1.165, 1.54) is 12.1 Å². The van der Waals surface area contributed by atoms with Crippen LogP contribution in [0.3, 0.4) is 0 Å². The van der Waals surface area contributed by atoms with Crippen molar-refractivity contribution >= 4 is 40.0 Å². The van der Waals surface area contributed by atoms with Crippen LogP contribution in [-0.4, -0.2) is 71.1 Å². The lowest BCUT2D eigenvalue weighted by atomic mass is 10.1. The molecule has 4 aromatic rings. The number of carbonyl (C=O) groups is 1. The molecule has 1 aromatic carbocycles. The first-order chi connectivity index (χ1) is 18.4. The molecular formula is C27H27FN8O2. The van der Waals surface area contributed by atoms with Gasteiger partial charge in [-0.05, 0) is 31.3 Å². The third-order valence-corrected chi connectivity index (χ3v) is 6.48. The van der Waals surface area contributed by atoms with E-state index in [4.69, 9.17) is 4.74 Å². The van der Waals surface area contributed by atoms with E-state index < -0.39 is 5.82 Å². The van der Waals surface area contributed by atoms with Crippen LogP contribution in [0.5, 0.6) is 5.75 Å². The van der Waals surface area contributed by atoms with Crippen LogP contribution in [0.15, 0.2) is 61.7 Å². The van der Waals surface area contributed by atoms with Crippen molar-refractivity contribution in [1.29, 1.82) is 0 Å². The van der Waals surface area contributed by atoms with Gasteiger partial charge in [0.15, 0.2) is 0 Å². The molecule has 0 spiro atoms. The molecule has 1 saturated heterocycles. The Morgan fingerprint density at radius 3 is 2.74 bits per heavy atom. The normalized spacial score (nSPS) is 13.6. The van der Waals surface area contributed by atoms with E-state index in [9.17, 15) is 9.18 Å². The van der Waals surface area contributed by atoms with Gasteiger partial charge in [0.25, 0.3) is 0 Å². The van der Waals surface area contributed by atoms with Gasteiger partial charge in [0.2, 0.25) is 11.9 Å². The fourth-order valence-electron chi connectivity index (χ4n) is 4.43. The Morgan fingerprint density at radius 1 is 1.21 bits per heavy atom. The Bertz CT molecular complexity index is 1520. The average Bonchev–Trinajstić information content (AvgIpc) is 2.90. The number of rotatable bonds is 8. The molecule has 0 radical (unpaired) electrons. The molecule has 194 valence electrons. The van der Waals surface area contributed by atoms with Gasteiger partial charge < -0.3 is 25.2 Å². The lowest BCUT2D eigenvalue weighted by Crippen LogP contribution is -2.56. The smallest absolute Gasteiger partial charge is 0.247 e.